The van der Waals surface area contributed by atoms with Crippen molar-refractivity contribution in [2.24, 2.45) is 0 Å². The number of amides is 1. The molecular formula is C17H20N2O4S. The number of hydrogen-bond acceptors (Lipinski definition) is 5. The van der Waals surface area contributed by atoms with Crippen molar-refractivity contribution in [3.63, 3.8) is 0 Å². The molecule has 0 bridgehead atoms. The molecule has 6 nitrogen and oxygen atoms in total. The van der Waals surface area contributed by atoms with Crippen LogP contribution in [0.1, 0.15) is 38.8 Å². The van der Waals surface area contributed by atoms with Crippen LogP contribution >= 0.6 is 11.3 Å². The molecule has 0 aromatic carbocycles. The highest BCUT2D eigenvalue weighted by Crippen LogP contribution is 2.23. The molecule has 0 aliphatic rings. The van der Waals surface area contributed by atoms with Crippen LogP contribution in [0.2, 0.25) is 0 Å². The molecule has 1 amide bonds. The zero-order valence-electron chi connectivity index (χ0n) is 13.8. The molecule has 0 spiro atoms. The third-order valence-corrected chi connectivity index (χ3v) is 3.76. The molecule has 7 heteroatoms. The van der Waals surface area contributed by atoms with Crippen LogP contribution in [0.25, 0.3) is 11.3 Å². The second kappa shape index (κ2) is 7.44. The molecule has 1 unspecified atom stereocenters. The van der Waals surface area contributed by atoms with E-state index < -0.39 is 23.7 Å². The molecule has 1 atom stereocenters. The van der Waals surface area contributed by atoms with Crippen LogP contribution in [0, 0.1) is 0 Å². The first-order valence-corrected chi connectivity index (χ1v) is 8.39. The fourth-order valence-electron chi connectivity index (χ4n) is 2.07. The Morgan fingerprint density at radius 2 is 2.08 bits per heavy atom. The van der Waals surface area contributed by atoms with Crippen molar-refractivity contribution < 1.29 is 19.4 Å². The monoisotopic (exact) mass is 348 g/mol. The number of alkyl carbamates (subject to hydrolysis) is 1. The van der Waals surface area contributed by atoms with Gasteiger partial charge in [0.15, 0.2) is 0 Å². The summed E-state index contributed by atoms with van der Waals surface area (Å²) in [6.45, 7) is 5.24. The maximum Gasteiger partial charge on any atom is 0.408 e. The van der Waals surface area contributed by atoms with E-state index in [1.807, 2.05) is 22.9 Å². The molecule has 128 valence electrons. The maximum absolute atomic E-state index is 11.9. The number of aliphatic carboxylic acids is 1. The minimum atomic E-state index is -1.02. The Kier molecular flexibility index (Phi) is 5.56. The maximum atomic E-state index is 11.9. The second-order valence-electron chi connectivity index (χ2n) is 6.29. The summed E-state index contributed by atoms with van der Waals surface area (Å²) in [5.74, 6) is -1.02. The Morgan fingerprint density at radius 1 is 1.33 bits per heavy atom. The summed E-state index contributed by atoms with van der Waals surface area (Å²) in [6.07, 6.45) is 0.673. The second-order valence-corrected chi connectivity index (χ2v) is 7.07. The van der Waals surface area contributed by atoms with Crippen molar-refractivity contribution in [1.82, 2.24) is 10.3 Å². The number of carbonyl (C=O) groups excluding carboxylic acids is 1. The highest BCUT2D eigenvalue weighted by Gasteiger charge is 2.22. The quantitative estimate of drug-likeness (QED) is 0.857. The standard InChI is InChI=1S/C17H20N2O4S/c1-17(2,3)23-16(22)19-14(8-15(20)21)11-4-5-13(18-9-11)12-6-7-24-10-12/h4-7,9-10,14H,8H2,1-3H3,(H,19,22)(H,20,21). The summed E-state index contributed by atoms with van der Waals surface area (Å²) in [5.41, 5.74) is 1.76. The molecule has 0 fully saturated rings. The molecular weight excluding hydrogens is 328 g/mol. The van der Waals surface area contributed by atoms with E-state index in [0.29, 0.717) is 5.56 Å². The Balaban J connectivity index is 2.15. The highest BCUT2D eigenvalue weighted by atomic mass is 32.1. The number of hydrogen-bond donors (Lipinski definition) is 2. The van der Waals surface area contributed by atoms with E-state index in [2.05, 4.69) is 10.3 Å². The van der Waals surface area contributed by atoms with Crippen LogP contribution in [-0.2, 0) is 9.53 Å². The van der Waals surface area contributed by atoms with Crippen molar-refractivity contribution in [2.75, 3.05) is 0 Å². The van der Waals surface area contributed by atoms with Crippen molar-refractivity contribution in [1.29, 1.82) is 0 Å². The summed E-state index contributed by atoms with van der Waals surface area (Å²) < 4.78 is 5.19. The largest absolute Gasteiger partial charge is 0.481 e. The first kappa shape index (κ1) is 17.9. The Hall–Kier alpha value is -2.41. The van der Waals surface area contributed by atoms with E-state index >= 15 is 0 Å². The molecule has 24 heavy (non-hydrogen) atoms. The molecule has 2 rings (SSSR count). The van der Waals surface area contributed by atoms with Crippen molar-refractivity contribution in [2.45, 2.75) is 38.8 Å². The first-order valence-electron chi connectivity index (χ1n) is 7.44. The topological polar surface area (TPSA) is 88.5 Å². The molecule has 2 aromatic rings. The lowest BCUT2D eigenvalue weighted by atomic mass is 10.0. The van der Waals surface area contributed by atoms with Gasteiger partial charge in [0.25, 0.3) is 0 Å². The fourth-order valence-corrected chi connectivity index (χ4v) is 2.72. The SMILES string of the molecule is CC(C)(C)OC(=O)NC(CC(=O)O)c1ccc(-c2ccsc2)nc1. The summed E-state index contributed by atoms with van der Waals surface area (Å²) >= 11 is 1.58. The van der Waals surface area contributed by atoms with E-state index in [-0.39, 0.29) is 6.42 Å². The van der Waals surface area contributed by atoms with E-state index in [0.717, 1.165) is 11.3 Å². The number of thiophene rings is 1. The molecule has 0 radical (unpaired) electrons. The number of rotatable bonds is 5. The summed E-state index contributed by atoms with van der Waals surface area (Å²) in [5, 5.41) is 15.6. The van der Waals surface area contributed by atoms with Crippen LogP contribution in [0.15, 0.2) is 35.2 Å². The van der Waals surface area contributed by atoms with Crippen LogP contribution in [0.3, 0.4) is 0 Å². The van der Waals surface area contributed by atoms with Gasteiger partial charge in [-0.2, -0.15) is 11.3 Å². The summed E-state index contributed by atoms with van der Waals surface area (Å²) in [4.78, 5) is 27.4. The lowest BCUT2D eigenvalue weighted by Gasteiger charge is -2.23. The number of ether oxygens (including phenoxy) is 1. The normalized spacial score (nSPS) is 12.5. The molecule has 2 aromatic heterocycles. The lowest BCUT2D eigenvalue weighted by Crippen LogP contribution is -2.35. The van der Waals surface area contributed by atoms with Gasteiger partial charge in [0, 0.05) is 17.1 Å². The van der Waals surface area contributed by atoms with E-state index in [9.17, 15) is 9.59 Å². The molecule has 2 heterocycles. The number of carboxylic acid groups (broad SMARTS) is 1. The van der Waals surface area contributed by atoms with Gasteiger partial charge in [-0.1, -0.05) is 6.07 Å². The highest BCUT2D eigenvalue weighted by molar-refractivity contribution is 7.08. The number of pyridine rings is 1. The lowest BCUT2D eigenvalue weighted by molar-refractivity contribution is -0.137. The van der Waals surface area contributed by atoms with Gasteiger partial charge < -0.3 is 15.2 Å². The zero-order valence-corrected chi connectivity index (χ0v) is 14.6. The van der Waals surface area contributed by atoms with Crippen LogP contribution in [0.4, 0.5) is 4.79 Å². The van der Waals surface area contributed by atoms with Crippen molar-refractivity contribution in [3.05, 3.63) is 40.7 Å². The summed E-state index contributed by atoms with van der Waals surface area (Å²) in [6, 6.07) is 4.83. The van der Waals surface area contributed by atoms with Gasteiger partial charge >= 0.3 is 12.1 Å². The van der Waals surface area contributed by atoms with E-state index in [1.165, 1.54) is 0 Å². The van der Waals surface area contributed by atoms with Gasteiger partial charge in [0.05, 0.1) is 18.2 Å². The Bertz CT molecular complexity index is 690. The minimum absolute atomic E-state index is 0.251. The Morgan fingerprint density at radius 3 is 2.58 bits per heavy atom. The average molecular weight is 348 g/mol. The predicted octanol–water partition coefficient (Wildman–Crippen LogP) is 3.85. The Labute approximate surface area is 144 Å². The average Bonchev–Trinajstić information content (AvgIpc) is 2.98. The van der Waals surface area contributed by atoms with Crippen LogP contribution in [-0.4, -0.2) is 27.8 Å². The van der Waals surface area contributed by atoms with Gasteiger partial charge in [-0.25, -0.2) is 4.79 Å². The fraction of sp³-hybridized carbons (Fsp3) is 0.353. The van der Waals surface area contributed by atoms with Crippen LogP contribution in [0.5, 0.6) is 0 Å². The molecule has 0 aliphatic heterocycles. The number of nitrogens with zero attached hydrogens (tertiary/aromatic N) is 1. The minimum Gasteiger partial charge on any atom is -0.481 e. The third-order valence-electron chi connectivity index (χ3n) is 3.08. The van der Waals surface area contributed by atoms with E-state index in [1.54, 1.807) is 44.4 Å². The smallest absolute Gasteiger partial charge is 0.408 e. The molecule has 0 saturated carbocycles. The van der Waals surface area contributed by atoms with Crippen LogP contribution < -0.4 is 5.32 Å². The zero-order chi connectivity index (χ0) is 17.7. The van der Waals surface area contributed by atoms with Gasteiger partial charge in [-0.3, -0.25) is 9.78 Å². The number of aromatic nitrogens is 1. The molecule has 0 aliphatic carbocycles. The van der Waals surface area contributed by atoms with Crippen molar-refractivity contribution >= 4 is 23.4 Å². The summed E-state index contributed by atoms with van der Waals surface area (Å²) in [7, 11) is 0. The molecule has 2 N–H and O–H groups in total. The number of carbonyl (C=O) groups is 2. The van der Waals surface area contributed by atoms with Gasteiger partial charge in [-0.15, -0.1) is 0 Å². The number of carboxylic acids is 1. The number of nitrogens with one attached hydrogen (secondary N) is 1. The first-order chi connectivity index (χ1) is 11.2. The van der Waals surface area contributed by atoms with Crippen molar-refractivity contribution in [3.8, 4) is 11.3 Å². The van der Waals surface area contributed by atoms with E-state index in [4.69, 9.17) is 9.84 Å². The van der Waals surface area contributed by atoms with Gasteiger partial charge in [-0.05, 0) is 43.8 Å². The van der Waals surface area contributed by atoms with Gasteiger partial charge in [0.1, 0.15) is 5.60 Å². The molecule has 0 saturated heterocycles. The third kappa shape index (κ3) is 5.34. The predicted molar refractivity (Wildman–Crippen MR) is 91.9 cm³/mol. The van der Waals surface area contributed by atoms with Gasteiger partial charge in [0.2, 0.25) is 0 Å².